The summed E-state index contributed by atoms with van der Waals surface area (Å²) in [6.07, 6.45) is 1.55. The lowest BCUT2D eigenvalue weighted by Crippen LogP contribution is -2.43. The molecule has 1 saturated heterocycles. The zero-order valence-corrected chi connectivity index (χ0v) is 13.6. The molecule has 0 aliphatic carbocycles. The van der Waals surface area contributed by atoms with Gasteiger partial charge in [-0.2, -0.15) is 0 Å². The molecule has 0 radical (unpaired) electrons. The van der Waals surface area contributed by atoms with Crippen LogP contribution in [-0.4, -0.2) is 35.1 Å². The zero-order chi connectivity index (χ0) is 16.2. The number of likely N-dealkylation sites (tertiary alicyclic amines) is 1. The fourth-order valence-electron chi connectivity index (χ4n) is 2.46. The number of carbonyl (C=O) groups is 1. The van der Waals surface area contributed by atoms with Gasteiger partial charge in [-0.15, -0.1) is 11.3 Å². The average Bonchev–Trinajstić information content (AvgIpc) is 2.95. The number of piperidine rings is 1. The van der Waals surface area contributed by atoms with Crippen LogP contribution in [0.4, 0.5) is 14.3 Å². The Bertz CT molecular complexity index is 666. The third-order valence-corrected chi connectivity index (χ3v) is 4.55. The van der Waals surface area contributed by atoms with Gasteiger partial charge in [0.15, 0.2) is 5.13 Å². The van der Waals surface area contributed by atoms with E-state index in [2.05, 4.69) is 10.3 Å². The lowest BCUT2D eigenvalue weighted by Gasteiger charge is -2.31. The van der Waals surface area contributed by atoms with Gasteiger partial charge in [0.2, 0.25) is 0 Å². The molecule has 23 heavy (non-hydrogen) atoms. The van der Waals surface area contributed by atoms with E-state index in [0.717, 1.165) is 18.5 Å². The quantitative estimate of drug-likeness (QED) is 0.931. The number of urea groups is 1. The summed E-state index contributed by atoms with van der Waals surface area (Å²) in [5, 5.41) is 5.34. The smallest absolute Gasteiger partial charge is 0.323 e. The molecule has 0 unspecified atom stereocenters. The number of hydrogen-bond donors (Lipinski definition) is 1. The van der Waals surface area contributed by atoms with Crippen molar-refractivity contribution in [1.29, 1.82) is 0 Å². The van der Waals surface area contributed by atoms with Crippen LogP contribution in [-0.2, 0) is 0 Å². The minimum Gasteiger partial charge on any atom is -0.490 e. The number of thiazole rings is 1. The first-order valence-electron chi connectivity index (χ1n) is 7.50. The number of aryl methyl sites for hydroxylation is 1. The minimum absolute atomic E-state index is 0.0478. The number of rotatable bonds is 3. The lowest BCUT2D eigenvalue weighted by molar-refractivity contribution is 0.115. The Balaban J connectivity index is 1.48. The highest BCUT2D eigenvalue weighted by Gasteiger charge is 2.24. The van der Waals surface area contributed by atoms with Gasteiger partial charge in [0, 0.05) is 31.3 Å². The summed E-state index contributed by atoms with van der Waals surface area (Å²) in [4.78, 5) is 18.2. The molecule has 1 aliphatic rings. The van der Waals surface area contributed by atoms with E-state index in [0.29, 0.717) is 24.0 Å². The van der Waals surface area contributed by atoms with Crippen molar-refractivity contribution in [2.24, 2.45) is 0 Å². The van der Waals surface area contributed by atoms with Crippen molar-refractivity contribution in [2.75, 3.05) is 18.4 Å². The van der Waals surface area contributed by atoms with Crippen LogP contribution in [0.25, 0.3) is 0 Å². The van der Waals surface area contributed by atoms with Crippen molar-refractivity contribution < 1.29 is 13.9 Å². The van der Waals surface area contributed by atoms with E-state index in [-0.39, 0.29) is 18.0 Å². The number of nitrogens with one attached hydrogen (secondary N) is 1. The van der Waals surface area contributed by atoms with Crippen molar-refractivity contribution in [1.82, 2.24) is 9.88 Å². The van der Waals surface area contributed by atoms with E-state index in [1.165, 1.54) is 23.5 Å². The SMILES string of the molecule is Cc1csc(NC(=O)N2CCC(Oc3ccc(F)cc3)CC2)n1. The van der Waals surface area contributed by atoms with Crippen LogP contribution in [0.2, 0.25) is 0 Å². The van der Waals surface area contributed by atoms with E-state index in [9.17, 15) is 9.18 Å². The molecule has 3 rings (SSSR count). The molecule has 1 aliphatic heterocycles. The van der Waals surface area contributed by atoms with E-state index in [4.69, 9.17) is 4.74 Å². The maximum Gasteiger partial charge on any atom is 0.323 e. The molecule has 1 fully saturated rings. The number of amides is 2. The molecule has 1 N–H and O–H groups in total. The summed E-state index contributed by atoms with van der Waals surface area (Å²) >= 11 is 1.42. The molecule has 1 aromatic carbocycles. The Morgan fingerprint density at radius 1 is 1.35 bits per heavy atom. The van der Waals surface area contributed by atoms with Crippen molar-refractivity contribution in [3.05, 3.63) is 41.2 Å². The van der Waals surface area contributed by atoms with Crippen LogP contribution in [0.5, 0.6) is 5.75 Å². The summed E-state index contributed by atoms with van der Waals surface area (Å²) in [6.45, 7) is 3.15. The fourth-order valence-corrected chi connectivity index (χ4v) is 3.14. The number of halogens is 1. The van der Waals surface area contributed by atoms with Gasteiger partial charge >= 0.3 is 6.03 Å². The number of ether oxygens (including phenoxy) is 1. The third-order valence-electron chi connectivity index (χ3n) is 3.68. The van der Waals surface area contributed by atoms with Gasteiger partial charge in [-0.1, -0.05) is 0 Å². The number of anilines is 1. The molecule has 2 aromatic rings. The first kappa shape index (κ1) is 15.7. The van der Waals surface area contributed by atoms with E-state index < -0.39 is 0 Å². The average molecular weight is 335 g/mol. The predicted molar refractivity (Wildman–Crippen MR) is 87.5 cm³/mol. The molecule has 2 amide bonds. The van der Waals surface area contributed by atoms with Crippen molar-refractivity contribution in [2.45, 2.75) is 25.9 Å². The van der Waals surface area contributed by atoms with Crippen LogP contribution >= 0.6 is 11.3 Å². The Morgan fingerprint density at radius 2 is 2.04 bits per heavy atom. The van der Waals surface area contributed by atoms with Crippen molar-refractivity contribution in [3.63, 3.8) is 0 Å². The third kappa shape index (κ3) is 4.19. The van der Waals surface area contributed by atoms with Gasteiger partial charge in [-0.25, -0.2) is 14.2 Å². The summed E-state index contributed by atoms with van der Waals surface area (Å²) < 4.78 is 18.7. The second-order valence-corrected chi connectivity index (χ2v) is 6.34. The van der Waals surface area contributed by atoms with Gasteiger partial charge in [-0.05, 0) is 31.2 Å². The van der Waals surface area contributed by atoms with E-state index in [1.807, 2.05) is 12.3 Å². The molecule has 0 saturated carbocycles. The van der Waals surface area contributed by atoms with Crippen LogP contribution < -0.4 is 10.1 Å². The van der Waals surface area contributed by atoms with Crippen LogP contribution in [0.15, 0.2) is 29.6 Å². The number of benzene rings is 1. The first-order valence-corrected chi connectivity index (χ1v) is 8.38. The number of hydrogen-bond acceptors (Lipinski definition) is 4. The minimum atomic E-state index is -0.277. The molecule has 1 aromatic heterocycles. The Hall–Kier alpha value is -2.15. The topological polar surface area (TPSA) is 54.5 Å². The molecule has 122 valence electrons. The summed E-state index contributed by atoms with van der Waals surface area (Å²) in [7, 11) is 0. The largest absolute Gasteiger partial charge is 0.490 e. The summed E-state index contributed by atoms with van der Waals surface area (Å²) in [5.74, 6) is 0.383. The van der Waals surface area contributed by atoms with Gasteiger partial charge < -0.3 is 9.64 Å². The molecule has 0 bridgehead atoms. The summed E-state index contributed by atoms with van der Waals surface area (Å²) in [6, 6.07) is 5.89. The van der Waals surface area contributed by atoms with E-state index >= 15 is 0 Å². The molecule has 7 heteroatoms. The maximum atomic E-state index is 12.9. The van der Waals surface area contributed by atoms with Crippen LogP contribution in [0, 0.1) is 12.7 Å². The van der Waals surface area contributed by atoms with Crippen LogP contribution in [0.3, 0.4) is 0 Å². The number of aromatic nitrogens is 1. The van der Waals surface area contributed by atoms with Gasteiger partial charge in [0.05, 0.1) is 5.69 Å². The lowest BCUT2D eigenvalue weighted by atomic mass is 10.1. The van der Waals surface area contributed by atoms with Gasteiger partial charge in [-0.3, -0.25) is 5.32 Å². The Labute approximate surface area is 138 Å². The van der Waals surface area contributed by atoms with E-state index in [1.54, 1.807) is 17.0 Å². The normalized spacial score (nSPS) is 15.5. The second-order valence-electron chi connectivity index (χ2n) is 5.48. The van der Waals surface area contributed by atoms with Crippen LogP contribution in [0.1, 0.15) is 18.5 Å². The number of nitrogens with zero attached hydrogens (tertiary/aromatic N) is 2. The first-order chi connectivity index (χ1) is 11.1. The highest BCUT2D eigenvalue weighted by atomic mass is 32.1. The molecule has 0 atom stereocenters. The molecular weight excluding hydrogens is 317 g/mol. The monoisotopic (exact) mass is 335 g/mol. The predicted octanol–water partition coefficient (Wildman–Crippen LogP) is 3.67. The molecule has 2 heterocycles. The Morgan fingerprint density at radius 3 is 2.65 bits per heavy atom. The number of carbonyl (C=O) groups excluding carboxylic acids is 1. The standard InChI is InChI=1S/C16H18FN3O2S/c1-11-10-23-15(18-11)19-16(21)20-8-6-14(7-9-20)22-13-4-2-12(17)3-5-13/h2-5,10,14H,6-9H2,1H3,(H,18,19,21). The maximum absolute atomic E-state index is 12.9. The molecule has 5 nitrogen and oxygen atoms in total. The zero-order valence-electron chi connectivity index (χ0n) is 12.8. The molecule has 0 spiro atoms. The van der Waals surface area contributed by atoms with Gasteiger partial charge in [0.25, 0.3) is 0 Å². The Kier molecular flexibility index (Phi) is 4.76. The highest BCUT2D eigenvalue weighted by molar-refractivity contribution is 7.13. The van der Waals surface area contributed by atoms with Crippen molar-refractivity contribution in [3.8, 4) is 5.75 Å². The second kappa shape index (κ2) is 6.95. The fraction of sp³-hybridized carbons (Fsp3) is 0.375. The van der Waals surface area contributed by atoms with Gasteiger partial charge in [0.1, 0.15) is 17.7 Å². The highest BCUT2D eigenvalue weighted by Crippen LogP contribution is 2.21. The van der Waals surface area contributed by atoms with Crippen molar-refractivity contribution >= 4 is 22.5 Å². The molecular formula is C16H18FN3O2S. The summed E-state index contributed by atoms with van der Waals surface area (Å²) in [5.41, 5.74) is 0.900.